The number of nitrogens with two attached hydrogens (primary N) is 1. The summed E-state index contributed by atoms with van der Waals surface area (Å²) in [6.07, 6.45) is 4.61. The average Bonchev–Trinajstić information content (AvgIpc) is 2.13. The molecule has 0 spiro atoms. The minimum absolute atomic E-state index is 0.124. The van der Waals surface area contributed by atoms with E-state index in [1.807, 2.05) is 0 Å². The Balaban J connectivity index is 2.53. The second-order valence-electron chi connectivity index (χ2n) is 4.40. The van der Waals surface area contributed by atoms with Crippen LogP contribution in [0.4, 0.5) is 0 Å². The van der Waals surface area contributed by atoms with Crippen LogP contribution >= 0.6 is 17.9 Å². The molecule has 90 valence electrons. The van der Waals surface area contributed by atoms with Crippen LogP contribution in [0.2, 0.25) is 0 Å². The lowest BCUT2D eigenvalue weighted by Crippen LogP contribution is -2.33. The zero-order valence-corrected chi connectivity index (χ0v) is 11.6. The summed E-state index contributed by atoms with van der Waals surface area (Å²) >= 11 is 8.67. The monoisotopic (exact) mass is 269 g/mol. The molecule has 1 aliphatic rings. The fourth-order valence-corrected chi connectivity index (χ4v) is 3.62. The van der Waals surface area contributed by atoms with Gasteiger partial charge in [-0.1, -0.05) is 32.0 Å². The lowest BCUT2D eigenvalue weighted by molar-refractivity contribution is 0.103. The Morgan fingerprint density at radius 1 is 1.67 bits per heavy atom. The smallest absolute Gasteiger partial charge is 0.241 e. The van der Waals surface area contributed by atoms with E-state index in [2.05, 4.69) is 19.2 Å². The number of thiol groups is 1. The first kappa shape index (κ1) is 13.9. The highest BCUT2D eigenvalue weighted by Gasteiger charge is 2.29. The van der Waals surface area contributed by atoms with Crippen LogP contribution in [0.25, 0.3) is 0 Å². The van der Waals surface area contributed by atoms with Crippen LogP contribution in [-0.4, -0.2) is 17.5 Å². The second-order valence-corrected chi connectivity index (χ2v) is 9.52. The SMILES string of the molecule is CC1CCCC(C(CN)OP(O)(=S)S)C1. The Kier molecular flexibility index (Phi) is 5.57. The Morgan fingerprint density at radius 3 is 2.80 bits per heavy atom. The second kappa shape index (κ2) is 5.99. The maximum Gasteiger partial charge on any atom is 0.241 e. The molecule has 0 bridgehead atoms. The summed E-state index contributed by atoms with van der Waals surface area (Å²) in [5, 5.41) is 0. The molecule has 0 aromatic heterocycles. The lowest BCUT2D eigenvalue weighted by Gasteiger charge is -2.33. The Labute approximate surface area is 102 Å². The van der Waals surface area contributed by atoms with Crippen LogP contribution < -0.4 is 5.73 Å². The maximum absolute atomic E-state index is 9.43. The van der Waals surface area contributed by atoms with E-state index in [1.165, 1.54) is 12.8 Å². The molecule has 15 heavy (non-hydrogen) atoms. The molecule has 1 saturated carbocycles. The third kappa shape index (κ3) is 5.16. The molecule has 0 amide bonds. The molecule has 4 unspecified atom stereocenters. The molecule has 3 N–H and O–H groups in total. The topological polar surface area (TPSA) is 55.5 Å². The van der Waals surface area contributed by atoms with Crippen molar-refractivity contribution >= 4 is 29.7 Å². The minimum Gasteiger partial charge on any atom is -0.338 e. The quantitative estimate of drug-likeness (QED) is 0.541. The van der Waals surface area contributed by atoms with Gasteiger partial charge in [0.1, 0.15) is 0 Å². The summed E-state index contributed by atoms with van der Waals surface area (Å²) in [6.45, 7) is 2.66. The first-order chi connectivity index (χ1) is 6.92. The van der Waals surface area contributed by atoms with Crippen molar-refractivity contribution in [2.45, 2.75) is 38.7 Å². The van der Waals surface area contributed by atoms with Gasteiger partial charge in [0.05, 0.1) is 6.10 Å². The van der Waals surface area contributed by atoms with Gasteiger partial charge in [-0.2, -0.15) is 0 Å². The molecule has 0 aliphatic heterocycles. The van der Waals surface area contributed by atoms with Gasteiger partial charge in [0.15, 0.2) is 0 Å². The van der Waals surface area contributed by atoms with E-state index >= 15 is 0 Å². The number of hydrogen-bond acceptors (Lipinski definition) is 3. The van der Waals surface area contributed by atoms with E-state index in [9.17, 15) is 4.89 Å². The van der Waals surface area contributed by atoms with Crippen molar-refractivity contribution in [3.8, 4) is 0 Å². The van der Waals surface area contributed by atoms with Gasteiger partial charge in [0.2, 0.25) is 5.69 Å². The van der Waals surface area contributed by atoms with E-state index in [-0.39, 0.29) is 6.10 Å². The molecule has 0 aromatic rings. The molecule has 0 radical (unpaired) electrons. The standard InChI is InChI=1S/C9H20NO2PS2/c1-7-3-2-4-8(5-7)9(6-10)12-13(11,14)15/h7-9H,2-6,10H2,1H3,(H2,11,14,15). The number of hydrogen-bond donors (Lipinski definition) is 3. The molecule has 1 rings (SSSR count). The molecule has 0 heterocycles. The van der Waals surface area contributed by atoms with Crippen molar-refractivity contribution in [3.63, 3.8) is 0 Å². The molecule has 1 aliphatic carbocycles. The predicted octanol–water partition coefficient (Wildman–Crippen LogP) is 2.30. The Morgan fingerprint density at radius 2 is 2.33 bits per heavy atom. The first-order valence-electron chi connectivity index (χ1n) is 5.36. The summed E-state index contributed by atoms with van der Waals surface area (Å²) in [6, 6.07) is 0. The summed E-state index contributed by atoms with van der Waals surface area (Å²) < 4.78 is 5.40. The largest absolute Gasteiger partial charge is 0.338 e. The molecule has 6 heteroatoms. The minimum atomic E-state index is -2.88. The molecule has 4 atom stereocenters. The zero-order chi connectivity index (χ0) is 11.5. The fraction of sp³-hybridized carbons (Fsp3) is 1.00. The van der Waals surface area contributed by atoms with Crippen molar-refractivity contribution < 1.29 is 9.42 Å². The maximum atomic E-state index is 9.43. The highest BCUT2D eigenvalue weighted by molar-refractivity contribution is 8.59. The van der Waals surface area contributed by atoms with Gasteiger partial charge in [-0.15, -0.1) is 0 Å². The predicted molar refractivity (Wildman–Crippen MR) is 70.5 cm³/mol. The van der Waals surface area contributed by atoms with Gasteiger partial charge in [0, 0.05) is 6.54 Å². The van der Waals surface area contributed by atoms with Crippen LogP contribution in [0.1, 0.15) is 32.6 Å². The van der Waals surface area contributed by atoms with E-state index in [0.29, 0.717) is 12.5 Å². The number of rotatable bonds is 4. The molecule has 1 fully saturated rings. The molecule has 0 aromatic carbocycles. The first-order valence-corrected chi connectivity index (χ1v) is 9.19. The van der Waals surface area contributed by atoms with E-state index < -0.39 is 5.69 Å². The van der Waals surface area contributed by atoms with Gasteiger partial charge >= 0.3 is 0 Å². The summed E-state index contributed by atoms with van der Waals surface area (Å²) in [5.41, 5.74) is 2.78. The van der Waals surface area contributed by atoms with Crippen molar-refractivity contribution in [3.05, 3.63) is 0 Å². The Hall–Kier alpha value is 0.880. The summed E-state index contributed by atoms with van der Waals surface area (Å²) in [4.78, 5) is 9.43. The average molecular weight is 269 g/mol. The Bertz CT molecular complexity index is 246. The highest BCUT2D eigenvalue weighted by Crippen LogP contribution is 2.50. The lowest BCUT2D eigenvalue weighted by atomic mass is 9.79. The summed E-state index contributed by atoms with van der Waals surface area (Å²) in [5.74, 6) is 1.15. The van der Waals surface area contributed by atoms with Crippen molar-refractivity contribution in [2.24, 2.45) is 17.6 Å². The van der Waals surface area contributed by atoms with Crippen molar-refractivity contribution in [2.75, 3.05) is 6.54 Å². The third-order valence-electron chi connectivity index (χ3n) is 3.01. The fourth-order valence-electron chi connectivity index (χ4n) is 2.32. The van der Waals surface area contributed by atoms with Gasteiger partial charge < -0.3 is 15.2 Å². The van der Waals surface area contributed by atoms with Gasteiger partial charge in [-0.05, 0) is 36.5 Å². The van der Waals surface area contributed by atoms with Crippen LogP contribution in [0, 0.1) is 11.8 Å². The van der Waals surface area contributed by atoms with Gasteiger partial charge in [0.25, 0.3) is 0 Å². The van der Waals surface area contributed by atoms with Crippen molar-refractivity contribution in [1.29, 1.82) is 0 Å². The molecular formula is C9H20NO2PS2. The van der Waals surface area contributed by atoms with Crippen LogP contribution in [0.5, 0.6) is 0 Å². The van der Waals surface area contributed by atoms with E-state index in [1.54, 1.807) is 0 Å². The molecule has 3 nitrogen and oxygen atoms in total. The van der Waals surface area contributed by atoms with Gasteiger partial charge in [-0.3, -0.25) is 0 Å². The van der Waals surface area contributed by atoms with Gasteiger partial charge in [-0.25, -0.2) is 0 Å². The zero-order valence-electron chi connectivity index (χ0n) is 9.00. The highest BCUT2D eigenvalue weighted by atomic mass is 32.9. The van der Waals surface area contributed by atoms with E-state index in [0.717, 1.165) is 18.8 Å². The van der Waals surface area contributed by atoms with Crippen LogP contribution in [0.15, 0.2) is 0 Å². The third-order valence-corrected chi connectivity index (χ3v) is 4.09. The van der Waals surface area contributed by atoms with Crippen LogP contribution in [-0.2, 0) is 16.3 Å². The molecular weight excluding hydrogens is 249 g/mol. The normalized spacial score (nSPS) is 33.3. The summed E-state index contributed by atoms with van der Waals surface area (Å²) in [7, 11) is 0. The van der Waals surface area contributed by atoms with E-state index in [4.69, 9.17) is 22.1 Å². The van der Waals surface area contributed by atoms with Crippen molar-refractivity contribution in [1.82, 2.24) is 0 Å². The van der Waals surface area contributed by atoms with Crippen LogP contribution in [0.3, 0.4) is 0 Å². The molecule has 0 saturated heterocycles.